The Morgan fingerprint density at radius 1 is 0.552 bits per heavy atom. The number of nitrogens with one attached hydrogen (secondary N) is 1. The van der Waals surface area contributed by atoms with E-state index < -0.39 is 0 Å². The van der Waals surface area contributed by atoms with E-state index in [4.69, 9.17) is 0 Å². The molecule has 0 aliphatic carbocycles. The van der Waals surface area contributed by atoms with Gasteiger partial charge in [0.05, 0.1) is 17.1 Å². The highest BCUT2D eigenvalue weighted by Crippen LogP contribution is 2.32. The smallest absolute Gasteiger partial charge is 0.0631 e. The Balaban J connectivity index is 1.61. The van der Waals surface area contributed by atoms with Crippen molar-refractivity contribution in [2.45, 2.75) is 23.6 Å². The van der Waals surface area contributed by atoms with E-state index in [0.717, 1.165) is 17.1 Å². The highest BCUT2D eigenvalue weighted by Gasteiger charge is 2.10. The second-order valence-electron chi connectivity index (χ2n) is 7.06. The Hall–Kier alpha value is -3.17. The molecule has 4 aromatic rings. The van der Waals surface area contributed by atoms with E-state index in [1.165, 1.54) is 20.9 Å². The minimum Gasteiger partial charge on any atom is -0.294 e. The summed E-state index contributed by atoms with van der Waals surface area (Å²) in [7, 11) is 0. The Kier molecular flexibility index (Phi) is 5.87. The zero-order valence-electron chi connectivity index (χ0n) is 16.7. The van der Waals surface area contributed by atoms with Gasteiger partial charge in [-0.3, -0.25) is 10.4 Å². The Morgan fingerprint density at radius 3 is 1.62 bits per heavy atom. The molecule has 0 saturated heterocycles. The third kappa shape index (κ3) is 5.01. The highest BCUT2D eigenvalue weighted by atomic mass is 32.2. The van der Waals surface area contributed by atoms with Crippen molar-refractivity contribution in [1.82, 2.24) is 0 Å². The number of aryl methyl sites for hydroxylation is 2. The first-order valence-corrected chi connectivity index (χ1v) is 10.5. The molecule has 0 fully saturated rings. The lowest BCUT2D eigenvalue weighted by molar-refractivity contribution is 1.15. The van der Waals surface area contributed by atoms with Gasteiger partial charge in [-0.15, -0.1) is 0 Å². The Bertz CT molecular complexity index is 1040. The van der Waals surface area contributed by atoms with Crippen molar-refractivity contribution in [2.24, 2.45) is 0 Å². The van der Waals surface area contributed by atoms with Gasteiger partial charge >= 0.3 is 0 Å². The quantitative estimate of drug-likeness (QED) is 0.337. The van der Waals surface area contributed by atoms with E-state index in [1.54, 1.807) is 11.8 Å². The van der Waals surface area contributed by atoms with Crippen molar-refractivity contribution < 1.29 is 0 Å². The summed E-state index contributed by atoms with van der Waals surface area (Å²) in [5.74, 6) is 0. The molecule has 0 heterocycles. The fourth-order valence-electron chi connectivity index (χ4n) is 3.02. The molecule has 0 radical (unpaired) electrons. The van der Waals surface area contributed by atoms with Gasteiger partial charge in [-0.05, 0) is 74.5 Å². The van der Waals surface area contributed by atoms with Crippen LogP contribution in [-0.4, -0.2) is 0 Å². The number of hydrazine groups is 1. The summed E-state index contributed by atoms with van der Waals surface area (Å²) < 4.78 is 0. The summed E-state index contributed by atoms with van der Waals surface area (Å²) in [6, 6.07) is 36.1. The predicted octanol–water partition coefficient (Wildman–Crippen LogP) is 7.62. The average Bonchev–Trinajstić information content (AvgIpc) is 2.76. The molecule has 0 bridgehead atoms. The molecule has 0 unspecified atom stereocenters. The van der Waals surface area contributed by atoms with Crippen molar-refractivity contribution in [3.05, 3.63) is 114 Å². The maximum absolute atomic E-state index is 3.55. The lowest BCUT2D eigenvalue weighted by Crippen LogP contribution is -2.24. The van der Waals surface area contributed by atoms with Gasteiger partial charge in [-0.25, -0.2) is 0 Å². The normalized spacial score (nSPS) is 10.6. The number of anilines is 3. The van der Waals surface area contributed by atoms with Crippen LogP contribution in [-0.2, 0) is 0 Å². The second kappa shape index (κ2) is 8.89. The molecule has 0 spiro atoms. The minimum absolute atomic E-state index is 1.05. The standard InChI is InChI=1S/C26H24N2S/c1-20-8-12-22(13-9-20)27-28(23-14-10-21(2)11-15-23)24-16-18-26(19-17-24)29-25-6-4-3-5-7-25/h3-19,27H,1-2H3. The molecule has 0 aromatic heterocycles. The van der Waals surface area contributed by atoms with Gasteiger partial charge < -0.3 is 0 Å². The molecule has 0 atom stereocenters. The average molecular weight is 397 g/mol. The van der Waals surface area contributed by atoms with Crippen molar-refractivity contribution in [3.63, 3.8) is 0 Å². The lowest BCUT2D eigenvalue weighted by Gasteiger charge is -2.27. The first-order chi connectivity index (χ1) is 14.2. The zero-order valence-corrected chi connectivity index (χ0v) is 17.5. The number of hydrogen-bond acceptors (Lipinski definition) is 3. The molecular formula is C26H24N2S. The molecule has 2 nitrogen and oxygen atoms in total. The monoisotopic (exact) mass is 396 g/mol. The summed E-state index contributed by atoms with van der Waals surface area (Å²) in [6.07, 6.45) is 0. The summed E-state index contributed by atoms with van der Waals surface area (Å²) >= 11 is 1.77. The highest BCUT2D eigenvalue weighted by molar-refractivity contribution is 7.99. The molecule has 0 amide bonds. The molecule has 1 N–H and O–H groups in total. The van der Waals surface area contributed by atoms with E-state index in [1.807, 2.05) is 6.07 Å². The number of nitrogens with zero attached hydrogens (tertiary/aromatic N) is 1. The van der Waals surface area contributed by atoms with Crippen molar-refractivity contribution >= 4 is 28.8 Å². The zero-order chi connectivity index (χ0) is 20.1. The van der Waals surface area contributed by atoms with Crippen LogP contribution >= 0.6 is 11.8 Å². The number of hydrogen-bond donors (Lipinski definition) is 1. The summed E-state index contributed by atoms with van der Waals surface area (Å²) in [5, 5.41) is 2.13. The fraction of sp³-hybridized carbons (Fsp3) is 0.0769. The molecular weight excluding hydrogens is 372 g/mol. The maximum atomic E-state index is 3.55. The SMILES string of the molecule is Cc1ccc(NN(c2ccc(C)cc2)c2ccc(Sc3ccccc3)cc2)cc1. The van der Waals surface area contributed by atoms with Crippen LogP contribution in [0.3, 0.4) is 0 Å². The Labute approximate surface area is 177 Å². The van der Waals surface area contributed by atoms with Crippen LogP contribution in [0.4, 0.5) is 17.1 Å². The third-order valence-electron chi connectivity index (χ3n) is 4.66. The number of rotatable bonds is 6. The first-order valence-electron chi connectivity index (χ1n) is 9.70. The molecule has 4 rings (SSSR count). The Morgan fingerprint density at radius 2 is 1.03 bits per heavy atom. The summed E-state index contributed by atoms with van der Waals surface area (Å²) in [5.41, 5.74) is 9.29. The van der Waals surface area contributed by atoms with Crippen molar-refractivity contribution in [3.8, 4) is 0 Å². The molecule has 0 aliphatic heterocycles. The van der Waals surface area contributed by atoms with Gasteiger partial charge in [0.1, 0.15) is 0 Å². The van der Waals surface area contributed by atoms with Gasteiger partial charge in [0.2, 0.25) is 0 Å². The van der Waals surface area contributed by atoms with Crippen molar-refractivity contribution in [2.75, 3.05) is 10.4 Å². The van der Waals surface area contributed by atoms with Crippen LogP contribution in [0.25, 0.3) is 0 Å². The molecule has 3 heteroatoms. The summed E-state index contributed by atoms with van der Waals surface area (Å²) in [6.45, 7) is 4.21. The predicted molar refractivity (Wildman–Crippen MR) is 125 cm³/mol. The lowest BCUT2D eigenvalue weighted by atomic mass is 10.2. The minimum atomic E-state index is 1.05. The molecule has 29 heavy (non-hydrogen) atoms. The van der Waals surface area contributed by atoms with E-state index in [0.29, 0.717) is 0 Å². The van der Waals surface area contributed by atoms with E-state index in [9.17, 15) is 0 Å². The number of benzene rings is 4. The topological polar surface area (TPSA) is 15.3 Å². The van der Waals surface area contributed by atoms with E-state index in [-0.39, 0.29) is 0 Å². The fourth-order valence-corrected chi connectivity index (χ4v) is 3.85. The van der Waals surface area contributed by atoms with E-state index >= 15 is 0 Å². The van der Waals surface area contributed by atoms with Crippen LogP contribution in [0.2, 0.25) is 0 Å². The van der Waals surface area contributed by atoms with Gasteiger partial charge in [-0.2, -0.15) is 0 Å². The van der Waals surface area contributed by atoms with Crippen LogP contribution < -0.4 is 10.4 Å². The maximum Gasteiger partial charge on any atom is 0.0631 e. The molecule has 4 aromatic carbocycles. The van der Waals surface area contributed by atoms with Gasteiger partial charge in [0.15, 0.2) is 0 Å². The van der Waals surface area contributed by atoms with Crippen LogP contribution in [0.5, 0.6) is 0 Å². The third-order valence-corrected chi connectivity index (χ3v) is 5.67. The second-order valence-corrected chi connectivity index (χ2v) is 8.20. The van der Waals surface area contributed by atoms with Gasteiger partial charge in [0.25, 0.3) is 0 Å². The largest absolute Gasteiger partial charge is 0.294 e. The van der Waals surface area contributed by atoms with Crippen LogP contribution in [0, 0.1) is 13.8 Å². The van der Waals surface area contributed by atoms with E-state index in [2.05, 4.69) is 121 Å². The van der Waals surface area contributed by atoms with Crippen LogP contribution in [0.15, 0.2) is 113 Å². The first kappa shape index (κ1) is 19.2. The summed E-state index contributed by atoms with van der Waals surface area (Å²) in [4.78, 5) is 2.47. The molecule has 0 saturated carbocycles. The van der Waals surface area contributed by atoms with Crippen molar-refractivity contribution in [1.29, 1.82) is 0 Å². The van der Waals surface area contributed by atoms with Gasteiger partial charge in [0, 0.05) is 9.79 Å². The molecule has 144 valence electrons. The van der Waals surface area contributed by atoms with Gasteiger partial charge in [-0.1, -0.05) is 65.4 Å². The van der Waals surface area contributed by atoms with Crippen LogP contribution in [0.1, 0.15) is 11.1 Å². The molecule has 0 aliphatic rings.